The summed E-state index contributed by atoms with van der Waals surface area (Å²) < 4.78 is 24.0. The summed E-state index contributed by atoms with van der Waals surface area (Å²) in [6.45, 7) is 2.45. The number of carbonyl (C=O) groups is 1. The molecule has 1 amide bonds. The molecule has 0 radical (unpaired) electrons. The molecule has 0 unspecified atom stereocenters. The predicted octanol–water partition coefficient (Wildman–Crippen LogP) is 2.14. The van der Waals surface area contributed by atoms with Gasteiger partial charge in [-0.1, -0.05) is 0 Å². The molecule has 0 saturated heterocycles. The molecule has 0 spiro atoms. The molecular weight excluding hydrogens is 393 g/mol. The van der Waals surface area contributed by atoms with Gasteiger partial charge in [0.15, 0.2) is 5.75 Å². The molecule has 0 atom stereocenters. The first-order valence-corrected chi connectivity index (χ1v) is 8.87. The first-order valence-electron chi connectivity index (χ1n) is 8.87. The lowest BCUT2D eigenvalue weighted by molar-refractivity contribution is 0.0950. The molecule has 2 aromatic heterocycles. The predicted molar refractivity (Wildman–Crippen MR) is 107 cm³/mol. The second kappa shape index (κ2) is 9.41. The van der Waals surface area contributed by atoms with Crippen molar-refractivity contribution in [2.24, 2.45) is 5.10 Å². The van der Waals surface area contributed by atoms with Gasteiger partial charge >= 0.3 is 0 Å². The van der Waals surface area contributed by atoms with Crippen LogP contribution in [0.15, 0.2) is 52.8 Å². The monoisotopic (exact) mass is 411 g/mol. The lowest BCUT2D eigenvalue weighted by Gasteiger charge is -2.06. The zero-order valence-electron chi connectivity index (χ0n) is 16.2. The molecule has 154 valence electrons. The van der Waals surface area contributed by atoms with Crippen LogP contribution in [0.2, 0.25) is 0 Å². The van der Waals surface area contributed by atoms with E-state index in [0.717, 1.165) is 23.7 Å². The van der Waals surface area contributed by atoms with Crippen LogP contribution in [-0.4, -0.2) is 40.8 Å². The Morgan fingerprint density at radius 1 is 1.30 bits per heavy atom. The zero-order chi connectivity index (χ0) is 21.5. The van der Waals surface area contributed by atoms with Crippen molar-refractivity contribution < 1.29 is 18.7 Å². The molecule has 1 aromatic carbocycles. The lowest BCUT2D eigenvalue weighted by atomic mass is 10.1. The highest BCUT2D eigenvalue weighted by Crippen LogP contribution is 2.20. The number of aromatic nitrogens is 3. The zero-order valence-corrected chi connectivity index (χ0v) is 16.2. The van der Waals surface area contributed by atoms with E-state index in [1.165, 1.54) is 19.5 Å². The number of halogens is 1. The van der Waals surface area contributed by atoms with Crippen LogP contribution in [0.3, 0.4) is 0 Å². The van der Waals surface area contributed by atoms with Crippen molar-refractivity contribution in [1.29, 1.82) is 0 Å². The highest BCUT2D eigenvalue weighted by atomic mass is 19.1. The van der Waals surface area contributed by atoms with Gasteiger partial charge in [-0.3, -0.25) is 14.6 Å². The fraction of sp³-hybridized carbons (Fsp3) is 0.150. The molecule has 3 aromatic rings. The van der Waals surface area contributed by atoms with Crippen molar-refractivity contribution in [2.75, 3.05) is 13.7 Å². The second-order valence-electron chi connectivity index (χ2n) is 5.86. The molecule has 0 aliphatic carbocycles. The Hall–Kier alpha value is -4.08. The molecule has 3 rings (SSSR count). The molecule has 0 saturated carbocycles. The molecule has 0 bridgehead atoms. The summed E-state index contributed by atoms with van der Waals surface area (Å²) >= 11 is 0. The van der Waals surface area contributed by atoms with Crippen molar-refractivity contribution in [3.8, 4) is 22.8 Å². The number of benzene rings is 1. The lowest BCUT2D eigenvalue weighted by Crippen LogP contribution is -2.21. The van der Waals surface area contributed by atoms with Crippen LogP contribution in [0.1, 0.15) is 23.0 Å². The number of amides is 1. The Kier molecular flexibility index (Phi) is 6.48. The van der Waals surface area contributed by atoms with Crippen molar-refractivity contribution in [2.45, 2.75) is 6.92 Å². The quantitative estimate of drug-likeness (QED) is 0.349. The topological polar surface area (TPSA) is 119 Å². The van der Waals surface area contributed by atoms with Crippen molar-refractivity contribution in [3.05, 3.63) is 70.3 Å². The number of hydrazone groups is 1. The maximum atomic E-state index is 13.8. The van der Waals surface area contributed by atoms with Crippen LogP contribution < -0.4 is 20.3 Å². The summed E-state index contributed by atoms with van der Waals surface area (Å²) in [5.41, 5.74) is 2.32. The number of hydrogen-bond donors (Lipinski definition) is 2. The number of aromatic amines is 1. The fourth-order valence-corrected chi connectivity index (χ4v) is 2.49. The Morgan fingerprint density at radius 2 is 2.07 bits per heavy atom. The Labute approximate surface area is 170 Å². The van der Waals surface area contributed by atoms with E-state index in [2.05, 4.69) is 25.5 Å². The first kappa shape index (κ1) is 20.6. The van der Waals surface area contributed by atoms with Gasteiger partial charge in [0, 0.05) is 11.8 Å². The van der Waals surface area contributed by atoms with Crippen LogP contribution in [0.25, 0.3) is 11.3 Å². The number of pyridine rings is 1. The van der Waals surface area contributed by atoms with Gasteiger partial charge in [0.1, 0.15) is 11.4 Å². The third kappa shape index (κ3) is 4.66. The van der Waals surface area contributed by atoms with Crippen molar-refractivity contribution >= 4 is 12.1 Å². The average molecular weight is 411 g/mol. The summed E-state index contributed by atoms with van der Waals surface area (Å²) in [7, 11) is 1.28. The molecule has 2 N–H and O–H groups in total. The van der Waals surface area contributed by atoms with Crippen LogP contribution in [-0.2, 0) is 0 Å². The third-order valence-electron chi connectivity index (χ3n) is 3.94. The normalized spacial score (nSPS) is 10.8. The number of H-pyrrole nitrogens is 1. The van der Waals surface area contributed by atoms with E-state index in [1.54, 1.807) is 24.3 Å². The van der Waals surface area contributed by atoms with Gasteiger partial charge in [-0.25, -0.2) is 10.4 Å². The van der Waals surface area contributed by atoms with Gasteiger partial charge in [0.2, 0.25) is 11.4 Å². The third-order valence-corrected chi connectivity index (χ3v) is 3.94. The van der Waals surface area contributed by atoms with Crippen LogP contribution in [0, 0.1) is 5.95 Å². The molecule has 9 nitrogen and oxygen atoms in total. The van der Waals surface area contributed by atoms with E-state index in [-0.39, 0.29) is 17.0 Å². The number of nitrogens with one attached hydrogen (secondary N) is 2. The average Bonchev–Trinajstić information content (AvgIpc) is 2.77. The molecule has 0 aliphatic heterocycles. The molecular formula is C20H18FN5O4. The highest BCUT2D eigenvalue weighted by Gasteiger charge is 2.12. The van der Waals surface area contributed by atoms with Crippen LogP contribution in [0.5, 0.6) is 11.5 Å². The number of hydrogen-bond acceptors (Lipinski definition) is 7. The summed E-state index contributed by atoms with van der Waals surface area (Å²) in [5.74, 6) is -0.947. The van der Waals surface area contributed by atoms with Gasteiger partial charge in [0.05, 0.1) is 43.6 Å². The maximum Gasteiger partial charge on any atom is 0.291 e. The molecule has 10 heteroatoms. The van der Waals surface area contributed by atoms with E-state index >= 15 is 0 Å². The van der Waals surface area contributed by atoms with Crippen LogP contribution in [0.4, 0.5) is 4.39 Å². The van der Waals surface area contributed by atoms with Gasteiger partial charge in [-0.05, 0) is 31.2 Å². The number of ether oxygens (including phenoxy) is 2. The Bertz CT molecular complexity index is 1130. The number of carbonyl (C=O) groups excluding carboxylic acids is 1. The molecule has 2 heterocycles. The minimum atomic E-state index is -0.906. The molecule has 30 heavy (non-hydrogen) atoms. The number of nitrogens with zero attached hydrogens (tertiary/aromatic N) is 3. The van der Waals surface area contributed by atoms with Crippen molar-refractivity contribution in [1.82, 2.24) is 20.4 Å². The standard InChI is InChI=1S/C20H18FN5O4/c1-3-30-13-6-4-12(5-7-13)15-9-22-10-16(25-15)20(28)26-24-8-14-18(27)17(29-2)11-23-19(14)21/h4-11H,3H2,1-2H3,(H,23,27)(H,26,28)/b24-8+. The Morgan fingerprint density at radius 3 is 2.77 bits per heavy atom. The fourth-order valence-electron chi connectivity index (χ4n) is 2.49. The molecule has 0 fully saturated rings. The smallest absolute Gasteiger partial charge is 0.291 e. The maximum absolute atomic E-state index is 13.8. The minimum absolute atomic E-state index is 0.00133. The van der Waals surface area contributed by atoms with E-state index < -0.39 is 17.3 Å². The number of methoxy groups -OCH3 is 1. The first-order chi connectivity index (χ1) is 14.5. The van der Waals surface area contributed by atoms with E-state index in [0.29, 0.717) is 12.3 Å². The SMILES string of the molecule is CCOc1ccc(-c2cncc(C(=O)N/N=C/c3c(F)[nH]cc(OC)c3=O)n2)cc1. The minimum Gasteiger partial charge on any atom is -0.494 e. The Balaban J connectivity index is 1.75. The highest BCUT2D eigenvalue weighted by molar-refractivity contribution is 5.93. The largest absolute Gasteiger partial charge is 0.494 e. The van der Waals surface area contributed by atoms with Gasteiger partial charge < -0.3 is 14.5 Å². The summed E-state index contributed by atoms with van der Waals surface area (Å²) in [6, 6.07) is 7.18. The van der Waals surface area contributed by atoms with Crippen molar-refractivity contribution in [3.63, 3.8) is 0 Å². The summed E-state index contributed by atoms with van der Waals surface area (Å²) in [5, 5.41) is 3.63. The van der Waals surface area contributed by atoms with Gasteiger partial charge in [0.25, 0.3) is 5.91 Å². The van der Waals surface area contributed by atoms with Gasteiger partial charge in [-0.15, -0.1) is 0 Å². The summed E-state index contributed by atoms with van der Waals surface area (Å²) in [4.78, 5) is 34.8. The van der Waals surface area contributed by atoms with Gasteiger partial charge in [-0.2, -0.15) is 9.49 Å². The second-order valence-corrected chi connectivity index (χ2v) is 5.86. The summed E-state index contributed by atoms with van der Waals surface area (Å²) in [6.07, 6.45) is 4.76. The van der Waals surface area contributed by atoms with E-state index in [9.17, 15) is 14.0 Å². The van der Waals surface area contributed by atoms with Crippen LogP contribution >= 0.6 is 0 Å². The number of rotatable bonds is 7. The molecule has 0 aliphatic rings. The van der Waals surface area contributed by atoms with E-state index in [4.69, 9.17) is 9.47 Å². The van der Waals surface area contributed by atoms with E-state index in [1.807, 2.05) is 6.92 Å².